The van der Waals surface area contributed by atoms with Gasteiger partial charge in [0.2, 0.25) is 0 Å². The SMILES string of the molecule is C=C[C@@](C)(/C=N/N1CCC[C@H]1COC)CCCCCCCCC. The molecule has 1 saturated heterocycles. The van der Waals surface area contributed by atoms with E-state index in [-0.39, 0.29) is 5.41 Å². The zero-order chi connectivity index (χ0) is 17.0. The van der Waals surface area contributed by atoms with E-state index >= 15 is 0 Å². The lowest BCUT2D eigenvalue weighted by Gasteiger charge is -2.25. The molecule has 23 heavy (non-hydrogen) atoms. The van der Waals surface area contributed by atoms with Crippen LogP contribution in [0.4, 0.5) is 0 Å². The van der Waals surface area contributed by atoms with E-state index in [1.807, 2.05) is 0 Å². The van der Waals surface area contributed by atoms with Crippen molar-refractivity contribution in [3.8, 4) is 0 Å². The predicted molar refractivity (Wildman–Crippen MR) is 101 cm³/mol. The smallest absolute Gasteiger partial charge is 0.0704 e. The molecule has 1 heterocycles. The monoisotopic (exact) mass is 322 g/mol. The summed E-state index contributed by atoms with van der Waals surface area (Å²) in [4.78, 5) is 0. The highest BCUT2D eigenvalue weighted by molar-refractivity contribution is 5.67. The van der Waals surface area contributed by atoms with E-state index in [2.05, 4.69) is 37.7 Å². The van der Waals surface area contributed by atoms with E-state index < -0.39 is 0 Å². The second-order valence-corrected chi connectivity index (χ2v) is 7.24. The largest absolute Gasteiger partial charge is 0.382 e. The molecular formula is C20H38N2O. The van der Waals surface area contributed by atoms with Crippen molar-refractivity contribution < 1.29 is 4.74 Å². The Labute approximate surface area is 144 Å². The van der Waals surface area contributed by atoms with Gasteiger partial charge in [0.15, 0.2) is 0 Å². The van der Waals surface area contributed by atoms with Gasteiger partial charge in [-0.05, 0) is 19.3 Å². The molecule has 0 aromatic carbocycles. The van der Waals surface area contributed by atoms with E-state index in [0.29, 0.717) is 6.04 Å². The molecule has 0 spiro atoms. The van der Waals surface area contributed by atoms with Gasteiger partial charge in [-0.3, -0.25) is 5.01 Å². The Kier molecular flexibility index (Phi) is 10.3. The fourth-order valence-corrected chi connectivity index (χ4v) is 3.22. The van der Waals surface area contributed by atoms with Crippen molar-refractivity contribution >= 4 is 6.21 Å². The molecule has 1 rings (SSSR count). The van der Waals surface area contributed by atoms with E-state index in [0.717, 1.165) is 19.6 Å². The van der Waals surface area contributed by atoms with Crippen molar-refractivity contribution in [1.82, 2.24) is 5.01 Å². The third kappa shape index (κ3) is 8.01. The molecule has 0 aromatic heterocycles. The highest BCUT2D eigenvalue weighted by Crippen LogP contribution is 2.25. The maximum atomic E-state index is 5.30. The third-order valence-electron chi connectivity index (χ3n) is 4.99. The van der Waals surface area contributed by atoms with Crippen LogP contribution in [0, 0.1) is 5.41 Å². The minimum atomic E-state index is 0.0175. The molecule has 0 bridgehead atoms. The van der Waals surface area contributed by atoms with Crippen molar-refractivity contribution in [3.05, 3.63) is 12.7 Å². The van der Waals surface area contributed by atoms with Crippen molar-refractivity contribution in [3.63, 3.8) is 0 Å². The van der Waals surface area contributed by atoms with Crippen LogP contribution in [-0.2, 0) is 4.74 Å². The fourth-order valence-electron chi connectivity index (χ4n) is 3.22. The molecule has 1 aliphatic rings. The summed E-state index contributed by atoms with van der Waals surface area (Å²) in [5, 5.41) is 6.97. The third-order valence-corrected chi connectivity index (χ3v) is 4.99. The molecule has 0 N–H and O–H groups in total. The first kappa shape index (κ1) is 20.2. The lowest BCUT2D eigenvalue weighted by atomic mass is 9.86. The molecule has 0 amide bonds. The van der Waals surface area contributed by atoms with Gasteiger partial charge >= 0.3 is 0 Å². The first-order chi connectivity index (χ1) is 11.1. The van der Waals surface area contributed by atoms with Crippen LogP contribution in [0.25, 0.3) is 0 Å². The molecular weight excluding hydrogens is 284 g/mol. The summed E-state index contributed by atoms with van der Waals surface area (Å²) in [6, 6.07) is 0.448. The molecule has 0 aliphatic carbocycles. The number of allylic oxidation sites excluding steroid dienone is 1. The fraction of sp³-hybridized carbons (Fsp3) is 0.850. The zero-order valence-corrected chi connectivity index (χ0v) is 15.7. The average molecular weight is 323 g/mol. The Morgan fingerprint density at radius 3 is 2.57 bits per heavy atom. The van der Waals surface area contributed by atoms with Crippen LogP contribution in [0.5, 0.6) is 0 Å². The van der Waals surface area contributed by atoms with Gasteiger partial charge in [-0.1, -0.05) is 64.9 Å². The zero-order valence-electron chi connectivity index (χ0n) is 15.7. The minimum absolute atomic E-state index is 0.0175. The maximum absolute atomic E-state index is 5.30. The molecule has 3 nitrogen and oxygen atoms in total. The lowest BCUT2D eigenvalue weighted by molar-refractivity contribution is 0.117. The van der Waals surface area contributed by atoms with Crippen molar-refractivity contribution in [2.24, 2.45) is 10.5 Å². The van der Waals surface area contributed by atoms with E-state index in [1.54, 1.807) is 7.11 Å². The minimum Gasteiger partial charge on any atom is -0.382 e. The molecule has 0 unspecified atom stereocenters. The van der Waals surface area contributed by atoms with Gasteiger partial charge in [0.1, 0.15) is 0 Å². The number of rotatable bonds is 13. The highest BCUT2D eigenvalue weighted by atomic mass is 16.5. The van der Waals surface area contributed by atoms with Gasteiger partial charge in [-0.25, -0.2) is 0 Å². The summed E-state index contributed by atoms with van der Waals surface area (Å²) in [5.74, 6) is 0. The van der Waals surface area contributed by atoms with Gasteiger partial charge in [-0.2, -0.15) is 5.10 Å². The van der Waals surface area contributed by atoms with Gasteiger partial charge < -0.3 is 4.74 Å². The number of methoxy groups -OCH3 is 1. The summed E-state index contributed by atoms with van der Waals surface area (Å²) < 4.78 is 5.30. The standard InChI is InChI=1S/C20H38N2O/c1-5-7-8-9-10-11-12-15-20(3,6-2)18-21-22-16-13-14-19(22)17-23-4/h6,18-19H,2,5,7-17H2,1,3-4H3/b21-18+/t19-,20+/m0/s1. The summed E-state index contributed by atoms with van der Waals surface area (Å²) in [6.45, 7) is 10.4. The van der Waals surface area contributed by atoms with E-state index in [1.165, 1.54) is 57.8 Å². The molecule has 2 atom stereocenters. The molecule has 0 aromatic rings. The summed E-state index contributed by atoms with van der Waals surface area (Å²) >= 11 is 0. The summed E-state index contributed by atoms with van der Waals surface area (Å²) in [6.07, 6.45) is 17.2. The van der Waals surface area contributed by atoms with E-state index in [9.17, 15) is 0 Å². The number of hydrogen-bond acceptors (Lipinski definition) is 3. The van der Waals surface area contributed by atoms with E-state index in [4.69, 9.17) is 9.84 Å². The van der Waals surface area contributed by atoms with Gasteiger partial charge in [-0.15, -0.1) is 6.58 Å². The Bertz CT molecular complexity index is 343. The van der Waals surface area contributed by atoms with Crippen LogP contribution in [0.1, 0.15) is 78.1 Å². The van der Waals surface area contributed by atoms with Crippen LogP contribution in [0.15, 0.2) is 17.8 Å². The summed E-state index contributed by atoms with van der Waals surface area (Å²) in [5.41, 5.74) is 0.0175. The van der Waals surface area contributed by atoms with Crippen molar-refractivity contribution in [2.75, 3.05) is 20.3 Å². The first-order valence-electron chi connectivity index (χ1n) is 9.59. The van der Waals surface area contributed by atoms with Crippen molar-refractivity contribution in [2.45, 2.75) is 84.1 Å². The van der Waals surface area contributed by atoms with Gasteiger partial charge in [0.05, 0.1) is 12.6 Å². The van der Waals surface area contributed by atoms with Crippen LogP contribution in [0.3, 0.4) is 0 Å². The Hall–Kier alpha value is -0.830. The molecule has 1 aliphatic heterocycles. The Balaban J connectivity index is 2.32. The van der Waals surface area contributed by atoms with Gasteiger partial charge in [0, 0.05) is 25.3 Å². The maximum Gasteiger partial charge on any atom is 0.0704 e. The summed E-state index contributed by atoms with van der Waals surface area (Å²) in [7, 11) is 1.77. The molecule has 134 valence electrons. The van der Waals surface area contributed by atoms with Crippen LogP contribution >= 0.6 is 0 Å². The van der Waals surface area contributed by atoms with Crippen molar-refractivity contribution in [1.29, 1.82) is 0 Å². The van der Waals surface area contributed by atoms with Crippen LogP contribution in [-0.4, -0.2) is 37.5 Å². The van der Waals surface area contributed by atoms with Crippen LogP contribution < -0.4 is 0 Å². The number of hydrogen-bond donors (Lipinski definition) is 0. The highest BCUT2D eigenvalue weighted by Gasteiger charge is 2.24. The normalized spacial score (nSPS) is 21.0. The number of unbranched alkanes of at least 4 members (excludes halogenated alkanes) is 6. The lowest BCUT2D eigenvalue weighted by Crippen LogP contribution is -2.29. The average Bonchev–Trinajstić information content (AvgIpc) is 3.00. The number of hydrazone groups is 1. The Morgan fingerprint density at radius 2 is 1.91 bits per heavy atom. The molecule has 0 saturated carbocycles. The first-order valence-corrected chi connectivity index (χ1v) is 9.59. The van der Waals surface area contributed by atoms with Crippen LogP contribution in [0.2, 0.25) is 0 Å². The number of ether oxygens (including phenoxy) is 1. The number of nitrogens with zero attached hydrogens (tertiary/aromatic N) is 2. The second-order valence-electron chi connectivity index (χ2n) is 7.24. The quantitative estimate of drug-likeness (QED) is 0.257. The predicted octanol–water partition coefficient (Wildman–Crippen LogP) is 5.42. The molecule has 1 fully saturated rings. The molecule has 0 radical (unpaired) electrons. The topological polar surface area (TPSA) is 24.8 Å². The molecule has 3 heteroatoms. The Morgan fingerprint density at radius 1 is 1.22 bits per heavy atom. The van der Waals surface area contributed by atoms with Gasteiger partial charge in [0.25, 0.3) is 0 Å². The second kappa shape index (κ2) is 11.7.